The molecule has 1 aromatic carbocycles. The first-order valence-corrected chi connectivity index (χ1v) is 6.50. The van der Waals surface area contributed by atoms with Crippen LogP contribution in [0.3, 0.4) is 0 Å². The molecule has 106 valence electrons. The second-order valence-electron chi connectivity index (χ2n) is 4.21. The van der Waals surface area contributed by atoms with Gasteiger partial charge in [0, 0.05) is 19.8 Å². The van der Waals surface area contributed by atoms with Gasteiger partial charge in [0.1, 0.15) is 5.82 Å². The van der Waals surface area contributed by atoms with Crippen molar-refractivity contribution in [2.75, 3.05) is 25.1 Å². The van der Waals surface area contributed by atoms with Gasteiger partial charge in [0.05, 0.1) is 11.3 Å². The van der Waals surface area contributed by atoms with Crippen molar-refractivity contribution in [3.8, 4) is 0 Å². The molecular formula is C14H20FNO3. The number of anilines is 1. The first kappa shape index (κ1) is 15.4. The molecule has 0 unspecified atom stereocenters. The monoisotopic (exact) mass is 269 g/mol. The van der Waals surface area contributed by atoms with E-state index in [1.165, 1.54) is 18.2 Å². The summed E-state index contributed by atoms with van der Waals surface area (Å²) in [4.78, 5) is 10.9. The van der Waals surface area contributed by atoms with Gasteiger partial charge >= 0.3 is 5.97 Å². The molecule has 2 N–H and O–H groups in total. The molecule has 19 heavy (non-hydrogen) atoms. The number of aromatic carboxylic acids is 1. The van der Waals surface area contributed by atoms with Crippen LogP contribution in [0.15, 0.2) is 18.2 Å². The number of rotatable bonds is 9. The van der Waals surface area contributed by atoms with Gasteiger partial charge < -0.3 is 15.2 Å². The third-order valence-electron chi connectivity index (χ3n) is 2.65. The average molecular weight is 269 g/mol. The van der Waals surface area contributed by atoms with Crippen LogP contribution in [0.5, 0.6) is 0 Å². The topological polar surface area (TPSA) is 58.6 Å². The molecule has 0 aliphatic heterocycles. The third kappa shape index (κ3) is 5.26. The molecule has 0 radical (unpaired) electrons. The van der Waals surface area contributed by atoms with Crippen molar-refractivity contribution in [2.24, 2.45) is 0 Å². The maximum Gasteiger partial charge on any atom is 0.337 e. The first-order chi connectivity index (χ1) is 9.16. The van der Waals surface area contributed by atoms with E-state index in [1.807, 2.05) is 0 Å². The van der Waals surface area contributed by atoms with Crippen LogP contribution in [0.2, 0.25) is 0 Å². The average Bonchev–Trinajstić information content (AvgIpc) is 2.39. The first-order valence-electron chi connectivity index (χ1n) is 6.50. The van der Waals surface area contributed by atoms with Crippen LogP contribution < -0.4 is 5.32 Å². The minimum absolute atomic E-state index is 0.0450. The molecule has 0 bridgehead atoms. The number of carboxylic acid groups (broad SMARTS) is 1. The van der Waals surface area contributed by atoms with E-state index in [0.29, 0.717) is 19.6 Å². The summed E-state index contributed by atoms with van der Waals surface area (Å²) in [6.45, 7) is 3.89. The third-order valence-corrected chi connectivity index (χ3v) is 2.65. The van der Waals surface area contributed by atoms with Crippen molar-refractivity contribution >= 4 is 11.7 Å². The van der Waals surface area contributed by atoms with E-state index in [0.717, 1.165) is 19.4 Å². The highest BCUT2D eigenvalue weighted by Crippen LogP contribution is 2.19. The highest BCUT2D eigenvalue weighted by Gasteiger charge is 2.13. The van der Waals surface area contributed by atoms with E-state index in [1.54, 1.807) is 0 Å². The van der Waals surface area contributed by atoms with E-state index in [-0.39, 0.29) is 11.3 Å². The number of hydrogen-bond donors (Lipinski definition) is 2. The summed E-state index contributed by atoms with van der Waals surface area (Å²) >= 11 is 0. The summed E-state index contributed by atoms with van der Waals surface area (Å²) in [5.41, 5.74) is -0.00420. The molecule has 4 nitrogen and oxygen atoms in total. The zero-order valence-corrected chi connectivity index (χ0v) is 11.1. The van der Waals surface area contributed by atoms with E-state index in [9.17, 15) is 9.18 Å². The molecule has 1 aromatic rings. The largest absolute Gasteiger partial charge is 0.478 e. The number of nitrogens with one attached hydrogen (secondary N) is 1. The molecule has 0 heterocycles. The minimum atomic E-state index is -1.14. The maximum atomic E-state index is 13.5. The number of halogens is 1. The highest BCUT2D eigenvalue weighted by molar-refractivity contribution is 5.94. The highest BCUT2D eigenvalue weighted by atomic mass is 19.1. The number of carboxylic acids is 1. The van der Waals surface area contributed by atoms with Crippen LogP contribution in [-0.2, 0) is 4.74 Å². The van der Waals surface area contributed by atoms with Crippen molar-refractivity contribution in [1.29, 1.82) is 0 Å². The molecule has 0 saturated carbocycles. The van der Waals surface area contributed by atoms with Gasteiger partial charge in [-0.25, -0.2) is 9.18 Å². The van der Waals surface area contributed by atoms with Crippen molar-refractivity contribution in [3.05, 3.63) is 29.6 Å². The molecule has 0 saturated heterocycles. The van der Waals surface area contributed by atoms with E-state index in [4.69, 9.17) is 9.84 Å². The van der Waals surface area contributed by atoms with E-state index < -0.39 is 11.8 Å². The molecule has 0 fully saturated rings. The van der Waals surface area contributed by atoms with Gasteiger partial charge in [-0.3, -0.25) is 0 Å². The smallest absolute Gasteiger partial charge is 0.337 e. The second kappa shape index (κ2) is 8.48. The summed E-state index contributed by atoms with van der Waals surface area (Å²) in [6.07, 6.45) is 2.83. The second-order valence-corrected chi connectivity index (χ2v) is 4.21. The number of unbranched alkanes of at least 4 members (excludes halogenated alkanes) is 1. The number of benzene rings is 1. The molecule has 1 rings (SSSR count). The molecule has 5 heteroatoms. The number of hydrogen-bond acceptors (Lipinski definition) is 3. The molecule has 0 aliphatic carbocycles. The summed E-state index contributed by atoms with van der Waals surface area (Å²) in [5.74, 6) is -1.69. The van der Waals surface area contributed by atoms with Crippen LogP contribution in [0.25, 0.3) is 0 Å². The van der Waals surface area contributed by atoms with Gasteiger partial charge in [0.25, 0.3) is 0 Å². The predicted octanol–water partition coefficient (Wildman–Crippen LogP) is 3.14. The van der Waals surface area contributed by atoms with Gasteiger partial charge in [-0.2, -0.15) is 0 Å². The van der Waals surface area contributed by atoms with Crippen LogP contribution in [0.4, 0.5) is 10.1 Å². The summed E-state index contributed by atoms with van der Waals surface area (Å²) < 4.78 is 18.9. The zero-order chi connectivity index (χ0) is 14.1. The fourth-order valence-corrected chi connectivity index (χ4v) is 1.62. The Bertz CT molecular complexity index is 410. The Hall–Kier alpha value is -1.62. The van der Waals surface area contributed by atoms with Crippen LogP contribution in [-0.4, -0.2) is 30.8 Å². The van der Waals surface area contributed by atoms with Gasteiger partial charge in [-0.1, -0.05) is 19.4 Å². The van der Waals surface area contributed by atoms with E-state index in [2.05, 4.69) is 12.2 Å². The minimum Gasteiger partial charge on any atom is -0.478 e. The predicted molar refractivity (Wildman–Crippen MR) is 72.2 cm³/mol. The van der Waals surface area contributed by atoms with Gasteiger partial charge in [-0.05, 0) is 25.0 Å². The Balaban J connectivity index is 2.38. The summed E-state index contributed by atoms with van der Waals surface area (Å²) in [5, 5.41) is 11.8. The van der Waals surface area contributed by atoms with Crippen molar-refractivity contribution in [2.45, 2.75) is 26.2 Å². The standard InChI is InChI=1S/C14H20FNO3/c1-2-3-9-19-10-5-8-16-13-11(14(17)18)6-4-7-12(13)15/h4,6-7,16H,2-3,5,8-10H2,1H3,(H,17,18). The lowest BCUT2D eigenvalue weighted by molar-refractivity contribution is 0.0697. The van der Waals surface area contributed by atoms with Gasteiger partial charge in [-0.15, -0.1) is 0 Å². The maximum absolute atomic E-state index is 13.5. The molecule has 0 aliphatic rings. The molecule has 0 amide bonds. The van der Waals surface area contributed by atoms with Crippen LogP contribution >= 0.6 is 0 Å². The van der Waals surface area contributed by atoms with Crippen molar-refractivity contribution in [3.63, 3.8) is 0 Å². The van der Waals surface area contributed by atoms with Crippen molar-refractivity contribution in [1.82, 2.24) is 0 Å². The molecular weight excluding hydrogens is 249 g/mol. The van der Waals surface area contributed by atoms with Gasteiger partial charge in [0.15, 0.2) is 0 Å². The zero-order valence-electron chi connectivity index (χ0n) is 11.1. The molecule has 0 aromatic heterocycles. The Labute approximate surface area is 112 Å². The molecule has 0 spiro atoms. The van der Waals surface area contributed by atoms with Crippen LogP contribution in [0, 0.1) is 5.82 Å². The Morgan fingerprint density at radius 1 is 1.37 bits per heavy atom. The SMILES string of the molecule is CCCCOCCCNc1c(F)cccc1C(=O)O. The Morgan fingerprint density at radius 2 is 2.11 bits per heavy atom. The van der Waals surface area contributed by atoms with Crippen molar-refractivity contribution < 1.29 is 19.0 Å². The fourth-order valence-electron chi connectivity index (χ4n) is 1.62. The number of ether oxygens (including phenoxy) is 1. The number of para-hydroxylation sites is 1. The number of carbonyl (C=O) groups is 1. The lowest BCUT2D eigenvalue weighted by Gasteiger charge is -2.10. The fraction of sp³-hybridized carbons (Fsp3) is 0.500. The Kier molecular flexibility index (Phi) is 6.89. The summed E-state index contributed by atoms with van der Waals surface area (Å²) in [6, 6.07) is 4.01. The Morgan fingerprint density at radius 3 is 2.79 bits per heavy atom. The van der Waals surface area contributed by atoms with E-state index >= 15 is 0 Å². The summed E-state index contributed by atoms with van der Waals surface area (Å²) in [7, 11) is 0. The quantitative estimate of drug-likeness (QED) is 0.676. The lowest BCUT2D eigenvalue weighted by Crippen LogP contribution is -2.11. The van der Waals surface area contributed by atoms with Crippen LogP contribution in [0.1, 0.15) is 36.5 Å². The lowest BCUT2D eigenvalue weighted by atomic mass is 10.1. The normalized spacial score (nSPS) is 10.4. The molecule has 0 atom stereocenters. The van der Waals surface area contributed by atoms with Gasteiger partial charge in [0.2, 0.25) is 0 Å².